The normalized spacial score (nSPS) is 12.6. The number of nitrogens with zero attached hydrogens (tertiary/aromatic N) is 1. The van der Waals surface area contributed by atoms with Gasteiger partial charge in [-0.05, 0) is 35.7 Å². The summed E-state index contributed by atoms with van der Waals surface area (Å²) in [6, 6.07) is 6.78. The number of carboxylic acid groups (broad SMARTS) is 1. The maximum Gasteiger partial charge on any atom is 0.416 e. The molecule has 0 amide bonds. The molecule has 0 aliphatic heterocycles. The number of alkyl halides is 3. The molecule has 0 saturated heterocycles. The summed E-state index contributed by atoms with van der Waals surface area (Å²) in [6.07, 6.45) is -4.84. The Hall–Kier alpha value is -2.77. The number of hydrogen-bond donors (Lipinski definition) is 1. The summed E-state index contributed by atoms with van der Waals surface area (Å²) in [4.78, 5) is 21.4. The van der Waals surface area contributed by atoms with Crippen LogP contribution >= 0.6 is 0 Å². The van der Waals surface area contributed by atoms with Gasteiger partial charge in [0.1, 0.15) is 11.9 Å². The van der Waals surface area contributed by atoms with Gasteiger partial charge in [-0.2, -0.15) is 18.1 Å². The van der Waals surface area contributed by atoms with Crippen molar-refractivity contribution < 1.29 is 27.5 Å². The summed E-state index contributed by atoms with van der Waals surface area (Å²) in [7, 11) is 0. The third kappa shape index (κ3) is 4.62. The lowest BCUT2D eigenvalue weighted by atomic mass is 9.97. The predicted octanol–water partition coefficient (Wildman–Crippen LogP) is 5.18. The molecule has 2 rings (SSSR count). The molecule has 0 fully saturated rings. The molecule has 1 N–H and O–H groups in total. The number of nitroso groups, excluding NO2 is 1. The molecule has 2 aromatic rings. The Kier molecular flexibility index (Phi) is 5.51. The molecular weight excluding hydrogens is 342 g/mol. The van der Waals surface area contributed by atoms with Crippen molar-refractivity contribution >= 4 is 5.97 Å². The molecule has 1 unspecified atom stereocenters. The molecule has 1 atom stereocenters. The van der Waals surface area contributed by atoms with Crippen molar-refractivity contribution in [2.45, 2.75) is 25.1 Å². The first-order chi connectivity index (χ1) is 11.7. The van der Waals surface area contributed by atoms with Gasteiger partial charge in [-0.1, -0.05) is 29.4 Å². The van der Waals surface area contributed by atoms with E-state index in [1.165, 1.54) is 12.1 Å². The van der Waals surface area contributed by atoms with E-state index in [0.29, 0.717) is 0 Å². The molecule has 0 aliphatic rings. The Morgan fingerprint density at radius 2 is 1.76 bits per heavy atom. The Balaban J connectivity index is 2.27. The van der Waals surface area contributed by atoms with Crippen LogP contribution in [0, 0.1) is 10.7 Å². The van der Waals surface area contributed by atoms with E-state index >= 15 is 0 Å². The molecule has 2 aromatic carbocycles. The number of benzene rings is 2. The van der Waals surface area contributed by atoms with E-state index in [4.69, 9.17) is 5.11 Å². The number of halogens is 4. The van der Waals surface area contributed by atoms with Crippen molar-refractivity contribution in [3.05, 3.63) is 64.3 Å². The van der Waals surface area contributed by atoms with E-state index in [1.54, 1.807) is 0 Å². The molecule has 0 saturated carbocycles. The molecule has 0 radical (unpaired) electrons. The molecule has 4 nitrogen and oxygen atoms in total. The van der Waals surface area contributed by atoms with Crippen LogP contribution < -0.4 is 0 Å². The van der Waals surface area contributed by atoms with Crippen LogP contribution in [0.3, 0.4) is 0 Å². The summed E-state index contributed by atoms with van der Waals surface area (Å²) >= 11 is 0. The number of aliphatic carboxylic acids is 1. The van der Waals surface area contributed by atoms with Crippen LogP contribution in [0.25, 0.3) is 11.1 Å². The van der Waals surface area contributed by atoms with E-state index in [9.17, 15) is 27.3 Å². The first-order valence-corrected chi connectivity index (χ1v) is 7.23. The quantitative estimate of drug-likeness (QED) is 0.573. The van der Waals surface area contributed by atoms with Crippen LogP contribution in [0.2, 0.25) is 0 Å². The van der Waals surface area contributed by atoms with Crippen molar-refractivity contribution in [3.8, 4) is 11.1 Å². The van der Waals surface area contributed by atoms with Gasteiger partial charge >= 0.3 is 12.1 Å². The van der Waals surface area contributed by atoms with Gasteiger partial charge in [0.15, 0.2) is 0 Å². The second kappa shape index (κ2) is 7.42. The highest BCUT2D eigenvalue weighted by atomic mass is 19.4. The predicted molar refractivity (Wildman–Crippen MR) is 82.2 cm³/mol. The van der Waals surface area contributed by atoms with Crippen LogP contribution in [-0.4, -0.2) is 11.1 Å². The monoisotopic (exact) mass is 355 g/mol. The molecule has 8 heteroatoms. The highest BCUT2D eigenvalue weighted by molar-refractivity contribution is 5.67. The zero-order valence-electron chi connectivity index (χ0n) is 12.8. The average Bonchev–Trinajstić information content (AvgIpc) is 2.54. The third-order valence-corrected chi connectivity index (χ3v) is 3.66. The lowest BCUT2D eigenvalue weighted by Gasteiger charge is -2.11. The molecule has 0 aromatic heterocycles. The molecule has 0 spiro atoms. The minimum absolute atomic E-state index is 0.0698. The highest BCUT2D eigenvalue weighted by Crippen LogP contribution is 2.33. The second-order valence-electron chi connectivity index (χ2n) is 5.37. The van der Waals surface area contributed by atoms with E-state index in [-0.39, 0.29) is 29.5 Å². The minimum atomic E-state index is -4.48. The van der Waals surface area contributed by atoms with Crippen molar-refractivity contribution in [2.75, 3.05) is 0 Å². The van der Waals surface area contributed by atoms with E-state index in [1.807, 2.05) is 0 Å². The van der Waals surface area contributed by atoms with E-state index in [2.05, 4.69) is 5.18 Å². The topological polar surface area (TPSA) is 66.7 Å². The van der Waals surface area contributed by atoms with Crippen LogP contribution in [-0.2, 0) is 11.0 Å². The zero-order chi connectivity index (χ0) is 18.6. The van der Waals surface area contributed by atoms with Crippen LogP contribution in [0.15, 0.2) is 47.6 Å². The lowest BCUT2D eigenvalue weighted by Crippen LogP contribution is -2.04. The fourth-order valence-electron chi connectivity index (χ4n) is 2.35. The minimum Gasteiger partial charge on any atom is -0.481 e. The van der Waals surface area contributed by atoms with Gasteiger partial charge in [-0.15, -0.1) is 0 Å². The standard InChI is InChI=1S/C17H13F4NO3/c18-14-9-11(15(22-25)7-8-16(23)24)3-6-13(14)10-1-4-12(5-2-10)17(19,20)21/h1-6,9,15H,7-8H2,(H,23,24). The first kappa shape index (κ1) is 18.6. The molecular formula is C17H13F4NO3. The van der Waals surface area contributed by atoms with Crippen molar-refractivity contribution in [1.82, 2.24) is 0 Å². The van der Waals surface area contributed by atoms with Gasteiger partial charge < -0.3 is 5.11 Å². The summed E-state index contributed by atoms with van der Waals surface area (Å²) < 4.78 is 52.0. The van der Waals surface area contributed by atoms with Gasteiger partial charge in [0, 0.05) is 12.0 Å². The number of carboxylic acids is 1. The first-order valence-electron chi connectivity index (χ1n) is 7.23. The van der Waals surface area contributed by atoms with Crippen LogP contribution in [0.5, 0.6) is 0 Å². The Bertz CT molecular complexity index is 772. The Morgan fingerprint density at radius 3 is 2.24 bits per heavy atom. The third-order valence-electron chi connectivity index (χ3n) is 3.66. The summed E-state index contributed by atoms with van der Waals surface area (Å²) in [5.74, 6) is -1.84. The fourth-order valence-corrected chi connectivity index (χ4v) is 2.35. The number of carbonyl (C=O) groups is 1. The van der Waals surface area contributed by atoms with Crippen molar-refractivity contribution in [3.63, 3.8) is 0 Å². The Morgan fingerprint density at radius 1 is 1.12 bits per heavy atom. The fraction of sp³-hybridized carbons (Fsp3) is 0.235. The number of rotatable bonds is 6. The molecule has 0 heterocycles. The Labute approximate surface area is 140 Å². The molecule has 25 heavy (non-hydrogen) atoms. The van der Waals surface area contributed by atoms with Gasteiger partial charge in [-0.25, -0.2) is 4.39 Å². The summed E-state index contributed by atoms with van der Waals surface area (Å²) in [5.41, 5.74) is -0.310. The maximum absolute atomic E-state index is 14.3. The highest BCUT2D eigenvalue weighted by Gasteiger charge is 2.30. The number of hydrogen-bond acceptors (Lipinski definition) is 3. The largest absolute Gasteiger partial charge is 0.481 e. The summed E-state index contributed by atoms with van der Waals surface area (Å²) in [5, 5.41) is 11.4. The SMILES string of the molecule is O=NC(CCC(=O)O)c1ccc(-c2ccc(C(F)(F)F)cc2)c(F)c1. The molecule has 132 valence electrons. The molecule has 0 bridgehead atoms. The van der Waals surface area contributed by atoms with E-state index in [0.717, 1.165) is 30.3 Å². The van der Waals surface area contributed by atoms with Gasteiger partial charge in [0.2, 0.25) is 0 Å². The van der Waals surface area contributed by atoms with E-state index < -0.39 is 29.6 Å². The zero-order valence-corrected chi connectivity index (χ0v) is 12.8. The van der Waals surface area contributed by atoms with Gasteiger partial charge in [0.05, 0.1) is 5.56 Å². The van der Waals surface area contributed by atoms with Crippen molar-refractivity contribution in [1.29, 1.82) is 0 Å². The van der Waals surface area contributed by atoms with Gasteiger partial charge in [0.25, 0.3) is 0 Å². The van der Waals surface area contributed by atoms with Crippen molar-refractivity contribution in [2.24, 2.45) is 5.18 Å². The summed E-state index contributed by atoms with van der Waals surface area (Å²) in [6.45, 7) is 0. The van der Waals surface area contributed by atoms with Gasteiger partial charge in [-0.3, -0.25) is 4.79 Å². The van der Waals surface area contributed by atoms with Crippen LogP contribution in [0.1, 0.15) is 30.0 Å². The second-order valence-corrected chi connectivity index (χ2v) is 5.37. The van der Waals surface area contributed by atoms with Crippen LogP contribution in [0.4, 0.5) is 17.6 Å². The lowest BCUT2D eigenvalue weighted by molar-refractivity contribution is -0.138. The maximum atomic E-state index is 14.3. The smallest absolute Gasteiger partial charge is 0.416 e. The molecule has 0 aliphatic carbocycles. The average molecular weight is 355 g/mol.